The van der Waals surface area contributed by atoms with E-state index in [9.17, 15) is 14.0 Å². The first kappa shape index (κ1) is 17.4. The zero-order valence-corrected chi connectivity index (χ0v) is 13.6. The summed E-state index contributed by atoms with van der Waals surface area (Å²) in [4.78, 5) is 26.4. The third kappa shape index (κ3) is 4.76. The molecule has 2 N–H and O–H groups in total. The lowest BCUT2D eigenvalue weighted by atomic mass is 9.96. The minimum Gasteiger partial charge on any atom is -0.354 e. The Morgan fingerprint density at radius 2 is 2.04 bits per heavy atom. The van der Waals surface area contributed by atoms with Gasteiger partial charge in [0.15, 0.2) is 0 Å². The highest BCUT2D eigenvalue weighted by Gasteiger charge is 2.28. The summed E-state index contributed by atoms with van der Waals surface area (Å²) < 4.78 is 13.0. The molecule has 23 heavy (non-hydrogen) atoms. The average molecular weight is 321 g/mol. The average Bonchev–Trinajstić information content (AvgIpc) is 2.59. The van der Waals surface area contributed by atoms with Gasteiger partial charge in [-0.1, -0.05) is 0 Å². The Kier molecular flexibility index (Phi) is 6.10. The van der Waals surface area contributed by atoms with Crippen LogP contribution in [-0.4, -0.2) is 49.4 Å². The Bertz CT molecular complexity index is 547. The van der Waals surface area contributed by atoms with Crippen LogP contribution in [0.5, 0.6) is 0 Å². The molecule has 0 saturated carbocycles. The van der Waals surface area contributed by atoms with E-state index in [0.29, 0.717) is 25.2 Å². The molecule has 1 aliphatic heterocycles. The van der Waals surface area contributed by atoms with Crippen molar-refractivity contribution in [3.05, 3.63) is 35.6 Å². The number of hydrogen-bond donors (Lipinski definition) is 2. The van der Waals surface area contributed by atoms with E-state index in [1.165, 1.54) is 24.3 Å². The fraction of sp³-hybridized carbons (Fsp3) is 0.529. The maximum Gasteiger partial charge on any atom is 0.253 e. The quantitative estimate of drug-likeness (QED) is 0.862. The molecule has 2 amide bonds. The van der Waals surface area contributed by atoms with Gasteiger partial charge in [0.2, 0.25) is 5.91 Å². The number of carbonyl (C=O) groups is 2. The molecule has 0 bridgehead atoms. The molecule has 1 aromatic rings. The lowest BCUT2D eigenvalue weighted by molar-refractivity contribution is -0.126. The van der Waals surface area contributed by atoms with Crippen LogP contribution in [0.15, 0.2) is 24.3 Å². The molecule has 0 aromatic heterocycles. The number of halogens is 1. The highest BCUT2D eigenvalue weighted by Crippen LogP contribution is 2.19. The third-order valence-corrected chi connectivity index (χ3v) is 4.25. The van der Waals surface area contributed by atoms with Crippen LogP contribution in [-0.2, 0) is 4.79 Å². The second-order valence-electron chi connectivity index (χ2n) is 6.03. The number of hydrogen-bond acceptors (Lipinski definition) is 3. The van der Waals surface area contributed by atoms with Gasteiger partial charge in [0, 0.05) is 31.2 Å². The second-order valence-corrected chi connectivity index (χ2v) is 6.03. The van der Waals surface area contributed by atoms with Crippen LogP contribution in [0.25, 0.3) is 0 Å². The molecule has 2 unspecified atom stereocenters. The molecule has 5 nitrogen and oxygen atoms in total. The molecule has 6 heteroatoms. The number of rotatable bonds is 5. The molecule has 2 atom stereocenters. The molecule has 1 aromatic carbocycles. The highest BCUT2D eigenvalue weighted by molar-refractivity contribution is 5.94. The van der Waals surface area contributed by atoms with Crippen LogP contribution in [0.2, 0.25) is 0 Å². The molecule has 0 aliphatic carbocycles. The Balaban J connectivity index is 1.93. The van der Waals surface area contributed by atoms with Gasteiger partial charge in [0.05, 0.1) is 5.92 Å². The van der Waals surface area contributed by atoms with Gasteiger partial charge in [-0.2, -0.15) is 0 Å². The lowest BCUT2D eigenvalue weighted by Crippen LogP contribution is -2.47. The summed E-state index contributed by atoms with van der Waals surface area (Å²) >= 11 is 0. The van der Waals surface area contributed by atoms with E-state index in [0.717, 1.165) is 12.8 Å². The highest BCUT2D eigenvalue weighted by atomic mass is 19.1. The minimum atomic E-state index is -0.365. The fourth-order valence-corrected chi connectivity index (χ4v) is 2.65. The topological polar surface area (TPSA) is 61.4 Å². The number of piperidine rings is 1. The summed E-state index contributed by atoms with van der Waals surface area (Å²) in [6, 6.07) is 5.73. The van der Waals surface area contributed by atoms with E-state index in [4.69, 9.17) is 0 Å². The van der Waals surface area contributed by atoms with Crippen LogP contribution < -0.4 is 10.6 Å². The van der Waals surface area contributed by atoms with Gasteiger partial charge in [-0.15, -0.1) is 0 Å². The van der Waals surface area contributed by atoms with Crippen molar-refractivity contribution in [2.45, 2.75) is 25.8 Å². The number of carbonyl (C=O) groups excluding carboxylic acids is 2. The number of amides is 2. The SMILES string of the molecule is CNC(C)CNC(=O)C1CCCN(C(=O)c2ccc(F)cc2)C1. The summed E-state index contributed by atoms with van der Waals surface area (Å²) in [6.45, 7) is 3.60. The molecule has 1 fully saturated rings. The molecular formula is C17H24FN3O2. The van der Waals surface area contributed by atoms with Gasteiger partial charge >= 0.3 is 0 Å². The normalized spacial score (nSPS) is 19.3. The van der Waals surface area contributed by atoms with Gasteiger partial charge < -0.3 is 15.5 Å². The van der Waals surface area contributed by atoms with Crippen molar-refractivity contribution in [3.8, 4) is 0 Å². The second kappa shape index (κ2) is 8.06. The van der Waals surface area contributed by atoms with Crippen molar-refractivity contribution in [1.82, 2.24) is 15.5 Å². The minimum absolute atomic E-state index is 0.0105. The first-order valence-electron chi connectivity index (χ1n) is 8.01. The monoisotopic (exact) mass is 321 g/mol. The number of benzene rings is 1. The predicted molar refractivity (Wildman–Crippen MR) is 86.6 cm³/mol. The summed E-state index contributed by atoms with van der Waals surface area (Å²) in [5.41, 5.74) is 0.455. The number of nitrogens with one attached hydrogen (secondary N) is 2. The molecule has 2 rings (SSSR count). The Hall–Kier alpha value is -1.95. The van der Waals surface area contributed by atoms with Crippen molar-refractivity contribution in [3.63, 3.8) is 0 Å². The smallest absolute Gasteiger partial charge is 0.253 e. The fourth-order valence-electron chi connectivity index (χ4n) is 2.65. The molecule has 1 aliphatic rings. The van der Waals surface area contributed by atoms with Crippen LogP contribution >= 0.6 is 0 Å². The molecule has 0 radical (unpaired) electrons. The van der Waals surface area contributed by atoms with E-state index >= 15 is 0 Å². The summed E-state index contributed by atoms with van der Waals surface area (Å²) in [5, 5.41) is 5.99. The van der Waals surface area contributed by atoms with Crippen LogP contribution in [0.4, 0.5) is 4.39 Å². The number of likely N-dealkylation sites (N-methyl/N-ethyl adjacent to an activating group) is 1. The maximum absolute atomic E-state index is 13.0. The lowest BCUT2D eigenvalue weighted by Gasteiger charge is -2.32. The van der Waals surface area contributed by atoms with Crippen molar-refractivity contribution in [2.75, 3.05) is 26.7 Å². The van der Waals surface area contributed by atoms with E-state index in [-0.39, 0.29) is 29.6 Å². The van der Waals surface area contributed by atoms with Crippen molar-refractivity contribution < 1.29 is 14.0 Å². The maximum atomic E-state index is 13.0. The van der Waals surface area contributed by atoms with Crippen molar-refractivity contribution >= 4 is 11.8 Å². The zero-order valence-electron chi connectivity index (χ0n) is 13.6. The van der Waals surface area contributed by atoms with Gasteiger partial charge in [-0.3, -0.25) is 9.59 Å². The first-order valence-corrected chi connectivity index (χ1v) is 8.01. The molecule has 1 heterocycles. The number of nitrogens with zero attached hydrogens (tertiary/aromatic N) is 1. The van der Waals surface area contributed by atoms with Gasteiger partial charge in [-0.05, 0) is 51.1 Å². The van der Waals surface area contributed by atoms with E-state index in [2.05, 4.69) is 10.6 Å². The third-order valence-electron chi connectivity index (χ3n) is 4.25. The molecule has 1 saturated heterocycles. The van der Waals surface area contributed by atoms with Crippen LogP contribution in [0, 0.1) is 11.7 Å². The van der Waals surface area contributed by atoms with E-state index in [1.54, 1.807) is 4.90 Å². The van der Waals surface area contributed by atoms with Gasteiger partial charge in [-0.25, -0.2) is 4.39 Å². The molecule has 126 valence electrons. The summed E-state index contributed by atoms with van der Waals surface area (Å²) in [6.07, 6.45) is 1.58. The van der Waals surface area contributed by atoms with E-state index in [1.807, 2.05) is 14.0 Å². The standard InChI is InChI=1S/C17H24FN3O2/c1-12(19-2)10-20-16(22)14-4-3-9-21(11-14)17(23)13-5-7-15(18)8-6-13/h5-8,12,14,19H,3-4,9-11H2,1-2H3,(H,20,22). The number of likely N-dealkylation sites (tertiary alicyclic amines) is 1. The summed E-state index contributed by atoms with van der Waals surface area (Å²) in [5.74, 6) is -0.705. The Morgan fingerprint density at radius 3 is 2.70 bits per heavy atom. The molecule has 0 spiro atoms. The first-order chi connectivity index (χ1) is 11.0. The van der Waals surface area contributed by atoms with Crippen molar-refractivity contribution in [1.29, 1.82) is 0 Å². The van der Waals surface area contributed by atoms with Gasteiger partial charge in [0.1, 0.15) is 5.82 Å². The van der Waals surface area contributed by atoms with Crippen LogP contribution in [0.3, 0.4) is 0 Å². The van der Waals surface area contributed by atoms with Crippen LogP contribution in [0.1, 0.15) is 30.1 Å². The Morgan fingerprint density at radius 1 is 1.35 bits per heavy atom. The predicted octanol–water partition coefficient (Wildman–Crippen LogP) is 1.40. The molecular weight excluding hydrogens is 297 g/mol. The summed E-state index contributed by atoms with van der Waals surface area (Å²) in [7, 11) is 1.85. The Labute approximate surface area is 136 Å². The van der Waals surface area contributed by atoms with Gasteiger partial charge in [0.25, 0.3) is 5.91 Å². The zero-order chi connectivity index (χ0) is 16.8. The van der Waals surface area contributed by atoms with E-state index < -0.39 is 0 Å². The largest absolute Gasteiger partial charge is 0.354 e. The van der Waals surface area contributed by atoms with Crippen molar-refractivity contribution in [2.24, 2.45) is 5.92 Å².